The van der Waals surface area contributed by atoms with Gasteiger partial charge in [-0.1, -0.05) is 11.6 Å². The SMILES string of the molecule is COC(C)(C)CNS(=O)(=O)c1ccc(Cl)c(N)c1. The average Bonchev–Trinajstić information content (AvgIpc) is 2.30. The number of rotatable bonds is 5. The molecule has 1 aromatic carbocycles. The van der Waals surface area contributed by atoms with Crippen molar-refractivity contribution in [3.63, 3.8) is 0 Å². The van der Waals surface area contributed by atoms with Crippen LogP contribution in [0.4, 0.5) is 5.69 Å². The van der Waals surface area contributed by atoms with Crippen molar-refractivity contribution in [1.82, 2.24) is 4.72 Å². The van der Waals surface area contributed by atoms with Gasteiger partial charge in [0.15, 0.2) is 0 Å². The molecule has 102 valence electrons. The van der Waals surface area contributed by atoms with Crippen molar-refractivity contribution in [3.05, 3.63) is 23.2 Å². The molecule has 0 heterocycles. The highest BCUT2D eigenvalue weighted by Crippen LogP contribution is 2.22. The maximum absolute atomic E-state index is 12.0. The van der Waals surface area contributed by atoms with Crippen LogP contribution in [0.1, 0.15) is 13.8 Å². The Kier molecular flexibility index (Phi) is 4.61. The molecule has 0 aliphatic rings. The minimum Gasteiger partial charge on any atom is -0.397 e. The zero-order valence-electron chi connectivity index (χ0n) is 10.5. The number of nitrogens with two attached hydrogens (primary N) is 1. The number of ether oxygens (including phenoxy) is 1. The summed E-state index contributed by atoms with van der Waals surface area (Å²) >= 11 is 5.74. The van der Waals surface area contributed by atoms with Gasteiger partial charge in [-0.05, 0) is 32.0 Å². The predicted octanol–water partition coefficient (Wildman–Crippen LogP) is 1.63. The van der Waals surface area contributed by atoms with Crippen LogP contribution in [0.2, 0.25) is 5.02 Å². The normalized spacial score (nSPS) is 12.7. The molecule has 0 radical (unpaired) electrons. The van der Waals surface area contributed by atoms with E-state index in [4.69, 9.17) is 22.1 Å². The molecule has 0 saturated carbocycles. The van der Waals surface area contributed by atoms with Gasteiger partial charge in [0.2, 0.25) is 10.0 Å². The van der Waals surface area contributed by atoms with Gasteiger partial charge in [-0.25, -0.2) is 13.1 Å². The number of benzene rings is 1. The second-order valence-electron chi connectivity index (χ2n) is 4.47. The molecule has 0 fully saturated rings. The van der Waals surface area contributed by atoms with Crippen molar-refractivity contribution < 1.29 is 13.2 Å². The zero-order valence-corrected chi connectivity index (χ0v) is 12.1. The molecule has 3 N–H and O–H groups in total. The second-order valence-corrected chi connectivity index (χ2v) is 6.65. The summed E-state index contributed by atoms with van der Waals surface area (Å²) in [4.78, 5) is 0.0799. The van der Waals surface area contributed by atoms with Crippen molar-refractivity contribution in [2.45, 2.75) is 24.3 Å². The van der Waals surface area contributed by atoms with Crippen molar-refractivity contribution in [2.24, 2.45) is 0 Å². The fourth-order valence-electron chi connectivity index (χ4n) is 1.11. The molecule has 0 bridgehead atoms. The lowest BCUT2D eigenvalue weighted by Gasteiger charge is -2.23. The summed E-state index contributed by atoms with van der Waals surface area (Å²) in [5.74, 6) is 0. The zero-order chi connectivity index (χ0) is 14.0. The molecule has 0 aliphatic heterocycles. The molecule has 0 amide bonds. The van der Waals surface area contributed by atoms with Gasteiger partial charge in [0, 0.05) is 13.7 Å². The lowest BCUT2D eigenvalue weighted by atomic mass is 10.1. The summed E-state index contributed by atoms with van der Waals surface area (Å²) in [7, 11) is -2.09. The van der Waals surface area contributed by atoms with E-state index in [0.717, 1.165) is 0 Å². The molecule has 0 saturated heterocycles. The number of anilines is 1. The van der Waals surface area contributed by atoms with Crippen LogP contribution < -0.4 is 10.5 Å². The predicted molar refractivity (Wildman–Crippen MR) is 72.1 cm³/mol. The molecule has 18 heavy (non-hydrogen) atoms. The summed E-state index contributed by atoms with van der Waals surface area (Å²) in [5.41, 5.74) is 5.23. The van der Waals surface area contributed by atoms with Crippen LogP contribution in [0.15, 0.2) is 23.1 Å². The number of nitrogen functional groups attached to an aromatic ring is 1. The maximum Gasteiger partial charge on any atom is 0.240 e. The molecular weight excluding hydrogens is 276 g/mol. The fraction of sp³-hybridized carbons (Fsp3) is 0.455. The van der Waals surface area contributed by atoms with E-state index in [0.29, 0.717) is 5.02 Å². The Bertz CT molecular complexity index is 529. The summed E-state index contributed by atoms with van der Waals surface area (Å²) < 4.78 is 31.6. The first kappa shape index (κ1) is 15.2. The third-order valence-electron chi connectivity index (χ3n) is 2.52. The topological polar surface area (TPSA) is 81.4 Å². The van der Waals surface area contributed by atoms with Gasteiger partial charge in [0.05, 0.1) is 21.2 Å². The molecule has 0 aromatic heterocycles. The van der Waals surface area contributed by atoms with E-state index < -0.39 is 15.6 Å². The van der Waals surface area contributed by atoms with Crippen LogP contribution in [0.5, 0.6) is 0 Å². The van der Waals surface area contributed by atoms with E-state index in [2.05, 4.69) is 4.72 Å². The van der Waals surface area contributed by atoms with Gasteiger partial charge in [0.1, 0.15) is 0 Å². The van der Waals surface area contributed by atoms with Gasteiger partial charge in [-0.3, -0.25) is 0 Å². The quantitative estimate of drug-likeness (QED) is 0.808. The third kappa shape index (κ3) is 3.84. The molecular formula is C11H17ClN2O3S. The largest absolute Gasteiger partial charge is 0.397 e. The molecule has 0 unspecified atom stereocenters. The van der Waals surface area contributed by atoms with Crippen molar-refractivity contribution >= 4 is 27.3 Å². The Labute approximate surface area is 112 Å². The van der Waals surface area contributed by atoms with Gasteiger partial charge in [-0.15, -0.1) is 0 Å². The first-order valence-electron chi connectivity index (χ1n) is 5.28. The van der Waals surface area contributed by atoms with Crippen LogP contribution in [-0.2, 0) is 14.8 Å². The summed E-state index contributed by atoms with van der Waals surface area (Å²) in [6, 6.07) is 4.18. The highest BCUT2D eigenvalue weighted by molar-refractivity contribution is 7.89. The summed E-state index contributed by atoms with van der Waals surface area (Å²) in [6.07, 6.45) is 0. The van der Waals surface area contributed by atoms with Crippen molar-refractivity contribution in [1.29, 1.82) is 0 Å². The molecule has 7 heteroatoms. The Morgan fingerprint density at radius 1 is 1.44 bits per heavy atom. The van der Waals surface area contributed by atoms with Gasteiger partial charge in [0.25, 0.3) is 0 Å². The Morgan fingerprint density at radius 3 is 2.56 bits per heavy atom. The Balaban J connectivity index is 2.90. The van der Waals surface area contributed by atoms with Gasteiger partial charge >= 0.3 is 0 Å². The van der Waals surface area contributed by atoms with Crippen LogP contribution in [0.3, 0.4) is 0 Å². The van der Waals surface area contributed by atoms with E-state index in [1.54, 1.807) is 13.8 Å². The molecule has 0 aliphatic carbocycles. The smallest absolute Gasteiger partial charge is 0.240 e. The van der Waals surface area contributed by atoms with Crippen LogP contribution in [0.25, 0.3) is 0 Å². The standard InChI is InChI=1S/C11H17ClN2O3S/c1-11(2,17-3)7-14-18(15,16)8-4-5-9(12)10(13)6-8/h4-6,14H,7,13H2,1-3H3. The van der Waals surface area contributed by atoms with E-state index in [1.807, 2.05) is 0 Å². The number of nitrogens with one attached hydrogen (secondary N) is 1. The number of hydrogen-bond acceptors (Lipinski definition) is 4. The highest BCUT2D eigenvalue weighted by Gasteiger charge is 2.22. The minimum absolute atomic E-state index is 0.0799. The third-order valence-corrected chi connectivity index (χ3v) is 4.26. The monoisotopic (exact) mass is 292 g/mol. The van der Waals surface area contributed by atoms with E-state index in [-0.39, 0.29) is 17.1 Å². The number of sulfonamides is 1. The summed E-state index contributed by atoms with van der Waals surface area (Å²) in [6.45, 7) is 3.73. The first-order chi connectivity index (χ1) is 8.18. The van der Waals surface area contributed by atoms with Crippen LogP contribution in [-0.4, -0.2) is 27.7 Å². The highest BCUT2D eigenvalue weighted by atomic mass is 35.5. The molecule has 0 atom stereocenters. The van der Waals surface area contributed by atoms with Crippen molar-refractivity contribution in [3.8, 4) is 0 Å². The first-order valence-corrected chi connectivity index (χ1v) is 7.14. The average molecular weight is 293 g/mol. The molecule has 1 rings (SSSR count). The van der Waals surface area contributed by atoms with E-state index >= 15 is 0 Å². The van der Waals surface area contributed by atoms with Gasteiger partial charge < -0.3 is 10.5 Å². The number of methoxy groups -OCH3 is 1. The summed E-state index contributed by atoms with van der Waals surface area (Å²) in [5, 5.41) is 0.325. The fourth-order valence-corrected chi connectivity index (χ4v) is 2.46. The molecule has 0 spiro atoms. The number of hydrogen-bond donors (Lipinski definition) is 2. The van der Waals surface area contributed by atoms with Crippen molar-refractivity contribution in [2.75, 3.05) is 19.4 Å². The van der Waals surface area contributed by atoms with Crippen LogP contribution >= 0.6 is 11.6 Å². The molecule has 1 aromatic rings. The maximum atomic E-state index is 12.0. The second kappa shape index (κ2) is 5.44. The van der Waals surface area contributed by atoms with E-state index in [9.17, 15) is 8.42 Å². The Morgan fingerprint density at radius 2 is 2.06 bits per heavy atom. The van der Waals surface area contributed by atoms with Crippen LogP contribution in [0, 0.1) is 0 Å². The van der Waals surface area contributed by atoms with E-state index in [1.165, 1.54) is 25.3 Å². The molecule has 5 nitrogen and oxygen atoms in total. The lowest BCUT2D eigenvalue weighted by Crippen LogP contribution is -2.39. The van der Waals surface area contributed by atoms with Gasteiger partial charge in [-0.2, -0.15) is 0 Å². The minimum atomic E-state index is -3.61. The number of halogens is 1. The Hall–Kier alpha value is -0.820. The lowest BCUT2D eigenvalue weighted by molar-refractivity contribution is 0.0276.